The van der Waals surface area contributed by atoms with Crippen molar-refractivity contribution in [1.29, 1.82) is 0 Å². The summed E-state index contributed by atoms with van der Waals surface area (Å²) in [5.74, 6) is 1.44. The van der Waals surface area contributed by atoms with Crippen molar-refractivity contribution in [3.8, 4) is 0 Å². The fraction of sp³-hybridized carbons (Fsp3) is 0.250. The van der Waals surface area contributed by atoms with E-state index in [-0.39, 0.29) is 5.91 Å². The summed E-state index contributed by atoms with van der Waals surface area (Å²) in [5, 5.41) is 9.14. The first-order valence-electron chi connectivity index (χ1n) is 7.01. The van der Waals surface area contributed by atoms with Crippen molar-refractivity contribution >= 4 is 17.6 Å². The average Bonchev–Trinajstić information content (AvgIpc) is 3.00. The largest absolute Gasteiger partial charge is 0.467 e. The Morgan fingerprint density at radius 2 is 2.00 bits per heavy atom. The van der Waals surface area contributed by atoms with Crippen LogP contribution < -0.4 is 16.0 Å². The van der Waals surface area contributed by atoms with E-state index in [1.807, 2.05) is 36.4 Å². The van der Waals surface area contributed by atoms with Crippen LogP contribution in [0, 0.1) is 0 Å². The van der Waals surface area contributed by atoms with Gasteiger partial charge in [0.2, 0.25) is 5.91 Å². The molecule has 1 heterocycles. The molecule has 1 amide bonds. The summed E-state index contributed by atoms with van der Waals surface area (Å²) in [5.41, 5.74) is 1.83. The van der Waals surface area contributed by atoms with E-state index in [1.165, 1.54) is 6.92 Å². The third kappa shape index (κ3) is 4.97. The molecule has 0 saturated carbocycles. The highest BCUT2D eigenvalue weighted by Crippen LogP contribution is 2.10. The lowest BCUT2D eigenvalue weighted by molar-refractivity contribution is -0.114. The number of hydrogen-bond acceptors (Lipinski definition) is 3. The number of nitrogens with zero attached hydrogens (tertiary/aromatic N) is 1. The van der Waals surface area contributed by atoms with Crippen LogP contribution >= 0.6 is 0 Å². The Morgan fingerprint density at radius 3 is 2.68 bits per heavy atom. The van der Waals surface area contributed by atoms with Gasteiger partial charge in [-0.25, -0.2) is 0 Å². The van der Waals surface area contributed by atoms with Gasteiger partial charge in [0.05, 0.1) is 12.8 Å². The van der Waals surface area contributed by atoms with Crippen LogP contribution in [0.2, 0.25) is 0 Å². The number of benzene rings is 1. The highest BCUT2D eigenvalue weighted by atomic mass is 16.3. The van der Waals surface area contributed by atoms with E-state index in [1.54, 1.807) is 13.3 Å². The minimum absolute atomic E-state index is 0.0824. The number of rotatable bonds is 5. The highest BCUT2D eigenvalue weighted by molar-refractivity contribution is 5.88. The van der Waals surface area contributed by atoms with Gasteiger partial charge in [0.1, 0.15) is 5.76 Å². The molecule has 3 N–H and O–H groups in total. The van der Waals surface area contributed by atoms with E-state index in [0.29, 0.717) is 19.0 Å². The van der Waals surface area contributed by atoms with Crippen LogP contribution in [0.4, 0.5) is 5.69 Å². The van der Waals surface area contributed by atoms with Gasteiger partial charge < -0.3 is 20.4 Å². The molecule has 6 nitrogen and oxygen atoms in total. The zero-order chi connectivity index (χ0) is 15.8. The fourth-order valence-corrected chi connectivity index (χ4v) is 1.95. The van der Waals surface area contributed by atoms with Crippen molar-refractivity contribution in [1.82, 2.24) is 10.6 Å². The molecule has 2 aromatic rings. The molecular weight excluding hydrogens is 280 g/mol. The number of nitrogens with one attached hydrogen (secondary N) is 3. The second-order valence-corrected chi connectivity index (χ2v) is 4.74. The maximum absolute atomic E-state index is 11.1. The van der Waals surface area contributed by atoms with E-state index in [2.05, 4.69) is 20.9 Å². The van der Waals surface area contributed by atoms with Gasteiger partial charge in [-0.15, -0.1) is 0 Å². The Hall–Kier alpha value is -2.76. The Balaban J connectivity index is 1.86. The van der Waals surface area contributed by atoms with Crippen LogP contribution in [0.15, 0.2) is 52.1 Å². The molecule has 0 radical (unpaired) electrons. The number of amides is 1. The number of carbonyl (C=O) groups is 1. The molecule has 0 atom stereocenters. The van der Waals surface area contributed by atoms with Gasteiger partial charge in [-0.1, -0.05) is 12.1 Å². The van der Waals surface area contributed by atoms with Crippen molar-refractivity contribution in [2.45, 2.75) is 20.0 Å². The monoisotopic (exact) mass is 300 g/mol. The molecule has 0 spiro atoms. The summed E-state index contributed by atoms with van der Waals surface area (Å²) >= 11 is 0. The molecule has 2 rings (SSSR count). The summed E-state index contributed by atoms with van der Waals surface area (Å²) in [7, 11) is 1.71. The number of carbonyl (C=O) groups excluding carboxylic acids is 1. The second-order valence-electron chi connectivity index (χ2n) is 4.74. The lowest BCUT2D eigenvalue weighted by Gasteiger charge is -2.12. The zero-order valence-electron chi connectivity index (χ0n) is 12.7. The molecule has 22 heavy (non-hydrogen) atoms. The van der Waals surface area contributed by atoms with Gasteiger partial charge in [0.25, 0.3) is 0 Å². The summed E-state index contributed by atoms with van der Waals surface area (Å²) in [4.78, 5) is 15.2. The van der Waals surface area contributed by atoms with E-state index in [0.717, 1.165) is 17.0 Å². The first kappa shape index (κ1) is 15.6. The molecular formula is C16H20N4O2. The maximum atomic E-state index is 11.1. The summed E-state index contributed by atoms with van der Waals surface area (Å²) in [6, 6.07) is 11.4. The third-order valence-electron chi connectivity index (χ3n) is 2.94. The van der Waals surface area contributed by atoms with Gasteiger partial charge in [0.15, 0.2) is 5.96 Å². The van der Waals surface area contributed by atoms with Crippen molar-refractivity contribution in [3.63, 3.8) is 0 Å². The number of hydrogen-bond donors (Lipinski definition) is 3. The Labute approximate surface area is 129 Å². The molecule has 0 bridgehead atoms. The molecule has 6 heteroatoms. The average molecular weight is 300 g/mol. The topological polar surface area (TPSA) is 78.7 Å². The van der Waals surface area contributed by atoms with Crippen LogP contribution in [-0.4, -0.2) is 18.9 Å². The number of aliphatic imine (C=N–C) groups is 1. The minimum Gasteiger partial charge on any atom is -0.467 e. The summed E-state index contributed by atoms with van der Waals surface area (Å²) in [6.07, 6.45) is 1.64. The molecule has 1 aromatic heterocycles. The fourth-order valence-electron chi connectivity index (χ4n) is 1.95. The number of anilines is 1. The summed E-state index contributed by atoms with van der Waals surface area (Å²) in [6.45, 7) is 2.66. The standard InChI is InChI=1S/C16H20N4O2/c1-12(21)20-14-6-3-5-13(9-14)10-18-16(17-2)19-11-15-7-4-8-22-15/h3-9H,10-11H2,1-2H3,(H,20,21)(H2,17,18,19). The second kappa shape index (κ2) is 7.87. The predicted molar refractivity (Wildman–Crippen MR) is 86.5 cm³/mol. The van der Waals surface area contributed by atoms with Crippen molar-refractivity contribution < 1.29 is 9.21 Å². The first-order valence-corrected chi connectivity index (χ1v) is 7.01. The smallest absolute Gasteiger partial charge is 0.221 e. The molecule has 116 valence electrons. The Bertz CT molecular complexity index is 635. The van der Waals surface area contributed by atoms with Crippen LogP contribution in [-0.2, 0) is 17.9 Å². The number of furan rings is 1. The van der Waals surface area contributed by atoms with Crippen LogP contribution in [0.25, 0.3) is 0 Å². The minimum atomic E-state index is -0.0824. The lowest BCUT2D eigenvalue weighted by Crippen LogP contribution is -2.36. The molecule has 0 aliphatic heterocycles. The van der Waals surface area contributed by atoms with Crippen molar-refractivity contribution in [3.05, 3.63) is 54.0 Å². The Morgan fingerprint density at radius 1 is 1.18 bits per heavy atom. The predicted octanol–water partition coefficient (Wildman–Crippen LogP) is 2.10. The molecule has 1 aromatic carbocycles. The van der Waals surface area contributed by atoms with E-state index < -0.39 is 0 Å². The van der Waals surface area contributed by atoms with E-state index in [4.69, 9.17) is 4.42 Å². The van der Waals surface area contributed by atoms with Gasteiger partial charge in [-0.3, -0.25) is 9.79 Å². The molecule has 0 unspecified atom stereocenters. The van der Waals surface area contributed by atoms with Crippen LogP contribution in [0.1, 0.15) is 18.2 Å². The van der Waals surface area contributed by atoms with Gasteiger partial charge in [-0.2, -0.15) is 0 Å². The van der Waals surface area contributed by atoms with Gasteiger partial charge >= 0.3 is 0 Å². The van der Waals surface area contributed by atoms with Crippen molar-refractivity contribution in [2.24, 2.45) is 4.99 Å². The molecule has 0 aliphatic carbocycles. The van der Waals surface area contributed by atoms with Gasteiger partial charge in [0, 0.05) is 26.2 Å². The Kier molecular flexibility index (Phi) is 5.59. The van der Waals surface area contributed by atoms with Gasteiger partial charge in [-0.05, 0) is 29.8 Å². The quantitative estimate of drug-likeness (QED) is 0.583. The maximum Gasteiger partial charge on any atom is 0.221 e. The molecule has 0 aliphatic rings. The molecule has 0 fully saturated rings. The molecule has 0 saturated heterocycles. The number of guanidine groups is 1. The third-order valence-corrected chi connectivity index (χ3v) is 2.94. The SMILES string of the molecule is CN=C(NCc1cccc(NC(C)=O)c1)NCc1ccco1. The summed E-state index contributed by atoms with van der Waals surface area (Å²) < 4.78 is 5.26. The van der Waals surface area contributed by atoms with Crippen LogP contribution in [0.5, 0.6) is 0 Å². The normalized spacial score (nSPS) is 11.1. The van der Waals surface area contributed by atoms with E-state index >= 15 is 0 Å². The first-order chi connectivity index (χ1) is 10.7. The van der Waals surface area contributed by atoms with Crippen LogP contribution in [0.3, 0.4) is 0 Å². The zero-order valence-corrected chi connectivity index (χ0v) is 12.7. The highest BCUT2D eigenvalue weighted by Gasteiger charge is 2.02. The lowest BCUT2D eigenvalue weighted by atomic mass is 10.2. The van der Waals surface area contributed by atoms with Crippen molar-refractivity contribution in [2.75, 3.05) is 12.4 Å². The van der Waals surface area contributed by atoms with E-state index in [9.17, 15) is 4.79 Å².